The molecule has 14 aromatic rings. The van der Waals surface area contributed by atoms with Gasteiger partial charge < -0.3 is 0 Å². The van der Waals surface area contributed by atoms with Crippen LogP contribution in [-0.2, 0) is 0 Å². The van der Waals surface area contributed by atoms with E-state index < -0.39 is 0 Å². The van der Waals surface area contributed by atoms with Crippen LogP contribution in [0.3, 0.4) is 0 Å². The van der Waals surface area contributed by atoms with E-state index in [1.807, 2.05) is 0 Å². The van der Waals surface area contributed by atoms with E-state index in [0.29, 0.717) is 0 Å². The molecule has 0 saturated heterocycles. The van der Waals surface area contributed by atoms with Crippen molar-refractivity contribution in [3.8, 4) is 44.5 Å². The first kappa shape index (κ1) is 31.5. The third kappa shape index (κ3) is 3.64. The van der Waals surface area contributed by atoms with Crippen molar-refractivity contribution < 1.29 is 0 Å². The SMILES string of the molecule is C.c1ccc(-c2ccccc2-c2c3cc4ccccc4c4c5ccccc5c(c5c6ccc7c8ccc9c%10c(ccc(c%11ccc(c25)c6c%117)c%108)-c2ccccc2-9)c34)cc1. The van der Waals surface area contributed by atoms with Gasteiger partial charge in [0.2, 0.25) is 0 Å². The van der Waals surface area contributed by atoms with E-state index >= 15 is 0 Å². The summed E-state index contributed by atoms with van der Waals surface area (Å²) in [4.78, 5) is 0. The highest BCUT2D eigenvalue weighted by Crippen LogP contribution is 2.58. The molecule has 1 aliphatic rings. The van der Waals surface area contributed by atoms with Crippen LogP contribution in [0.4, 0.5) is 0 Å². The van der Waals surface area contributed by atoms with Crippen molar-refractivity contribution in [1.82, 2.24) is 0 Å². The molecule has 0 saturated carbocycles. The summed E-state index contributed by atoms with van der Waals surface area (Å²) in [6, 6.07) is 69.1. The number of rotatable bonds is 2. The predicted octanol–water partition coefficient (Wildman–Crippen LogP) is 17.1. The molecule has 0 spiro atoms. The maximum atomic E-state index is 2.50. The van der Waals surface area contributed by atoms with Crippen LogP contribution < -0.4 is 0 Å². The minimum Gasteiger partial charge on any atom is -0.0776 e. The summed E-state index contributed by atoms with van der Waals surface area (Å²) < 4.78 is 0. The van der Waals surface area contributed by atoms with Crippen LogP contribution in [0.2, 0.25) is 0 Å². The second-order valence-corrected chi connectivity index (χ2v) is 16.5. The van der Waals surface area contributed by atoms with Crippen LogP contribution >= 0.6 is 0 Å². The van der Waals surface area contributed by atoms with E-state index in [-0.39, 0.29) is 7.43 Å². The predicted molar refractivity (Wildman–Crippen MR) is 257 cm³/mol. The number of benzene rings is 12. The fourth-order valence-electron chi connectivity index (χ4n) is 11.9. The summed E-state index contributed by atoms with van der Waals surface area (Å²) in [5.41, 5.74) is 10.5. The molecule has 0 amide bonds. The Kier molecular flexibility index (Phi) is 5.82. The fraction of sp³-hybridized carbons (Fsp3) is 0.0169. The molecule has 0 aromatic heterocycles. The van der Waals surface area contributed by atoms with Crippen molar-refractivity contribution in [3.05, 3.63) is 182 Å². The Labute approximate surface area is 340 Å². The normalized spacial score (nSPS) is 12.6. The Morgan fingerprint density at radius 3 is 1.29 bits per heavy atom. The third-order valence-electron chi connectivity index (χ3n) is 14.0. The molecule has 15 rings (SSSR count). The Bertz CT molecular complexity index is 4030. The van der Waals surface area contributed by atoms with Gasteiger partial charge in [0.05, 0.1) is 0 Å². The van der Waals surface area contributed by atoms with Gasteiger partial charge in [0.15, 0.2) is 0 Å². The molecule has 0 bridgehead atoms. The highest BCUT2D eigenvalue weighted by Gasteiger charge is 2.29. The monoisotopic (exact) mass is 742 g/mol. The molecule has 0 fully saturated rings. The molecule has 0 N–H and O–H groups in total. The lowest BCUT2D eigenvalue weighted by Crippen LogP contribution is -1.90. The van der Waals surface area contributed by atoms with Gasteiger partial charge in [-0.25, -0.2) is 0 Å². The lowest BCUT2D eigenvalue weighted by molar-refractivity contribution is 1.61. The molecule has 0 radical (unpaired) electrons. The average molecular weight is 743 g/mol. The first-order valence-electron chi connectivity index (χ1n) is 20.4. The van der Waals surface area contributed by atoms with Gasteiger partial charge in [0.1, 0.15) is 0 Å². The van der Waals surface area contributed by atoms with E-state index in [0.717, 1.165) is 0 Å². The summed E-state index contributed by atoms with van der Waals surface area (Å²) in [6.07, 6.45) is 0. The largest absolute Gasteiger partial charge is 0.0776 e. The molecule has 14 aromatic carbocycles. The molecule has 0 heteroatoms. The van der Waals surface area contributed by atoms with Crippen molar-refractivity contribution in [2.24, 2.45) is 0 Å². The van der Waals surface area contributed by atoms with E-state index in [9.17, 15) is 0 Å². The molecule has 0 unspecified atom stereocenters. The summed E-state index contributed by atoms with van der Waals surface area (Å²) in [5.74, 6) is 0. The van der Waals surface area contributed by atoms with E-state index in [1.54, 1.807) is 0 Å². The first-order chi connectivity index (χ1) is 28.8. The maximum Gasteiger partial charge on any atom is -0.000695 e. The Morgan fingerprint density at radius 2 is 0.610 bits per heavy atom. The van der Waals surface area contributed by atoms with Crippen LogP contribution in [0.25, 0.3) is 152 Å². The Balaban J connectivity index is 0.00000346. The summed E-state index contributed by atoms with van der Waals surface area (Å²) >= 11 is 0. The highest BCUT2D eigenvalue weighted by atomic mass is 14.3. The molecule has 59 heavy (non-hydrogen) atoms. The van der Waals surface area contributed by atoms with Gasteiger partial charge in [-0.3, -0.25) is 0 Å². The van der Waals surface area contributed by atoms with E-state index in [2.05, 4.69) is 182 Å². The van der Waals surface area contributed by atoms with Gasteiger partial charge in [-0.15, -0.1) is 0 Å². The van der Waals surface area contributed by atoms with E-state index in [1.165, 1.54) is 152 Å². The first-order valence-corrected chi connectivity index (χ1v) is 20.4. The van der Waals surface area contributed by atoms with Crippen molar-refractivity contribution >= 4 is 108 Å². The number of hydrogen-bond donors (Lipinski definition) is 0. The third-order valence-corrected chi connectivity index (χ3v) is 14.0. The lowest BCUT2D eigenvalue weighted by atomic mass is 9.85. The van der Waals surface area contributed by atoms with Crippen LogP contribution in [0, 0.1) is 0 Å². The van der Waals surface area contributed by atoms with Crippen molar-refractivity contribution in [3.63, 3.8) is 0 Å². The standard InChI is InChI=1S/C58H30.CH4/c1-2-12-31(13-3-1)33-15-6-9-19-37(33)53-48-30-32-14-4-5-16-34(32)49-38-20-10-11-21-39(38)55(58(48)49)57-47-29-27-45-43-25-23-41-36-18-8-7-17-35(36)40-22-24-42(51(43)50(40)41)44-26-28-46(56(53)57)54(47)52(44)45;/h1-30H;1H4. The van der Waals surface area contributed by atoms with Crippen molar-refractivity contribution in [1.29, 1.82) is 0 Å². The molecule has 270 valence electrons. The van der Waals surface area contributed by atoms with Gasteiger partial charge in [0, 0.05) is 0 Å². The van der Waals surface area contributed by atoms with Crippen LogP contribution in [0.1, 0.15) is 7.43 Å². The molecule has 0 atom stereocenters. The second-order valence-electron chi connectivity index (χ2n) is 16.5. The quantitative estimate of drug-likeness (QED) is 0.122. The smallest absolute Gasteiger partial charge is 0.000695 e. The van der Waals surface area contributed by atoms with Crippen LogP contribution in [0.15, 0.2) is 182 Å². The topological polar surface area (TPSA) is 0 Å². The van der Waals surface area contributed by atoms with E-state index in [4.69, 9.17) is 0 Å². The Hall–Kier alpha value is -7.54. The van der Waals surface area contributed by atoms with Crippen LogP contribution in [-0.4, -0.2) is 0 Å². The number of fused-ring (bicyclic) bond motifs is 14. The van der Waals surface area contributed by atoms with Gasteiger partial charge >= 0.3 is 0 Å². The van der Waals surface area contributed by atoms with Gasteiger partial charge in [-0.05, 0) is 158 Å². The van der Waals surface area contributed by atoms with Gasteiger partial charge in [-0.2, -0.15) is 0 Å². The van der Waals surface area contributed by atoms with Gasteiger partial charge in [-0.1, -0.05) is 183 Å². The molecular formula is C59H34. The maximum absolute atomic E-state index is 2.50. The zero-order chi connectivity index (χ0) is 37.4. The minimum atomic E-state index is 0. The van der Waals surface area contributed by atoms with Gasteiger partial charge in [0.25, 0.3) is 0 Å². The minimum absolute atomic E-state index is 0. The zero-order valence-electron chi connectivity index (χ0n) is 31.3. The molecular weight excluding hydrogens is 709 g/mol. The zero-order valence-corrected chi connectivity index (χ0v) is 31.3. The summed E-state index contributed by atoms with van der Waals surface area (Å²) in [7, 11) is 0. The summed E-state index contributed by atoms with van der Waals surface area (Å²) in [5, 5.41) is 27.1. The fourth-order valence-corrected chi connectivity index (χ4v) is 11.9. The molecule has 1 aliphatic carbocycles. The second kappa shape index (κ2) is 10.9. The number of hydrogen-bond acceptors (Lipinski definition) is 0. The Morgan fingerprint density at radius 1 is 0.203 bits per heavy atom. The average Bonchev–Trinajstić information content (AvgIpc) is 3.93. The van der Waals surface area contributed by atoms with Crippen molar-refractivity contribution in [2.45, 2.75) is 7.43 Å². The lowest BCUT2D eigenvalue weighted by Gasteiger charge is -2.17. The highest BCUT2D eigenvalue weighted by molar-refractivity contribution is 6.52. The molecule has 0 nitrogen and oxygen atoms in total. The van der Waals surface area contributed by atoms with Crippen LogP contribution in [0.5, 0.6) is 0 Å². The molecule has 0 aliphatic heterocycles. The molecule has 0 heterocycles. The summed E-state index contributed by atoms with van der Waals surface area (Å²) in [6.45, 7) is 0. The van der Waals surface area contributed by atoms with Crippen molar-refractivity contribution in [2.75, 3.05) is 0 Å².